The molecule has 0 N–H and O–H groups in total. The van der Waals surface area contributed by atoms with E-state index in [0.29, 0.717) is 5.75 Å². The molecule has 0 bridgehead atoms. The molecule has 3 nitrogen and oxygen atoms in total. The number of carbonyl (C=O) groups is 1. The number of fused-ring (bicyclic) bond motifs is 1. The van der Waals surface area contributed by atoms with Crippen molar-refractivity contribution in [3.8, 4) is 0 Å². The van der Waals surface area contributed by atoms with Crippen LogP contribution >= 0.6 is 34.4 Å². The Morgan fingerprint density at radius 1 is 1.14 bits per heavy atom. The zero-order valence-electron chi connectivity index (χ0n) is 12.5. The Balaban J connectivity index is 1.76. The molecule has 0 spiro atoms. The van der Waals surface area contributed by atoms with Gasteiger partial charge in [0.25, 0.3) is 0 Å². The minimum atomic E-state index is 0.174. The van der Waals surface area contributed by atoms with Gasteiger partial charge in [-0.15, -0.1) is 22.7 Å². The molecule has 0 saturated carbocycles. The third-order valence-electron chi connectivity index (χ3n) is 3.32. The maximum absolute atomic E-state index is 12.3. The molecule has 0 atom stereocenters. The number of rotatable bonds is 6. The quantitative estimate of drug-likeness (QED) is 0.363. The van der Waals surface area contributed by atoms with E-state index in [2.05, 4.69) is 29.9 Å². The Morgan fingerprint density at radius 2 is 1.95 bits per heavy atom. The van der Waals surface area contributed by atoms with Gasteiger partial charge in [0.2, 0.25) is 0 Å². The lowest BCUT2D eigenvalue weighted by atomic mass is 10.3. The van der Waals surface area contributed by atoms with Crippen molar-refractivity contribution in [2.45, 2.75) is 31.7 Å². The normalized spacial score (nSPS) is 11.2. The Labute approximate surface area is 141 Å². The second kappa shape index (κ2) is 6.89. The molecule has 0 aliphatic carbocycles. The summed E-state index contributed by atoms with van der Waals surface area (Å²) in [7, 11) is 0. The SMILES string of the molecule is CCc1ccc(C(=O)CSc2ncnc3sc(CC)cc23)s1. The highest BCUT2D eigenvalue weighted by Gasteiger charge is 2.13. The summed E-state index contributed by atoms with van der Waals surface area (Å²) in [5.41, 5.74) is 0. The standard InChI is InChI=1S/C16H16N2OS3/c1-3-10-5-6-14(21-10)13(19)8-20-15-12-7-11(4-2)22-16(12)18-9-17-15/h5-7,9H,3-4,8H2,1-2H3. The van der Waals surface area contributed by atoms with Crippen molar-refractivity contribution in [2.24, 2.45) is 0 Å². The molecule has 3 aromatic heterocycles. The topological polar surface area (TPSA) is 42.9 Å². The van der Waals surface area contributed by atoms with Crippen LogP contribution in [-0.2, 0) is 12.8 Å². The number of carbonyl (C=O) groups excluding carboxylic acids is 1. The van der Waals surface area contributed by atoms with Crippen molar-refractivity contribution >= 4 is 50.4 Å². The van der Waals surface area contributed by atoms with Gasteiger partial charge in [-0.2, -0.15) is 0 Å². The first-order valence-corrected chi connectivity index (χ1v) is 9.81. The molecular formula is C16H16N2OS3. The first kappa shape index (κ1) is 15.6. The molecule has 0 fully saturated rings. The van der Waals surface area contributed by atoms with Crippen molar-refractivity contribution in [3.63, 3.8) is 0 Å². The van der Waals surface area contributed by atoms with E-state index in [0.717, 1.165) is 33.0 Å². The van der Waals surface area contributed by atoms with E-state index in [1.54, 1.807) is 29.0 Å². The summed E-state index contributed by atoms with van der Waals surface area (Å²) >= 11 is 4.80. The van der Waals surface area contributed by atoms with Crippen molar-refractivity contribution in [1.29, 1.82) is 0 Å². The first-order valence-electron chi connectivity index (χ1n) is 7.19. The molecule has 0 aromatic carbocycles. The maximum atomic E-state index is 12.3. The summed E-state index contributed by atoms with van der Waals surface area (Å²) in [6, 6.07) is 6.12. The summed E-state index contributed by atoms with van der Waals surface area (Å²) in [6.07, 6.45) is 3.57. The van der Waals surface area contributed by atoms with Crippen molar-refractivity contribution in [3.05, 3.63) is 39.2 Å². The number of hydrogen-bond donors (Lipinski definition) is 0. The van der Waals surface area contributed by atoms with Crippen LogP contribution < -0.4 is 0 Å². The molecular weight excluding hydrogens is 332 g/mol. The number of aryl methyl sites for hydroxylation is 2. The highest BCUT2D eigenvalue weighted by Crippen LogP contribution is 2.31. The van der Waals surface area contributed by atoms with Crippen LogP contribution in [0.4, 0.5) is 0 Å². The zero-order valence-corrected chi connectivity index (χ0v) is 14.9. The van der Waals surface area contributed by atoms with Crippen molar-refractivity contribution in [2.75, 3.05) is 5.75 Å². The Kier molecular flexibility index (Phi) is 4.90. The van der Waals surface area contributed by atoms with Gasteiger partial charge in [0, 0.05) is 15.1 Å². The third-order valence-corrected chi connectivity index (χ3v) is 6.78. The number of nitrogens with zero attached hydrogens (tertiary/aromatic N) is 2. The van der Waals surface area contributed by atoms with Gasteiger partial charge in [-0.3, -0.25) is 4.79 Å². The van der Waals surface area contributed by atoms with Gasteiger partial charge < -0.3 is 0 Å². The summed E-state index contributed by atoms with van der Waals surface area (Å²) < 4.78 is 0. The number of hydrogen-bond acceptors (Lipinski definition) is 6. The number of thiophene rings is 2. The van der Waals surface area contributed by atoms with Crippen LogP contribution in [0.3, 0.4) is 0 Å². The van der Waals surface area contributed by atoms with Crippen molar-refractivity contribution in [1.82, 2.24) is 9.97 Å². The Hall–Kier alpha value is -1.24. The fourth-order valence-electron chi connectivity index (χ4n) is 2.10. The van der Waals surface area contributed by atoms with E-state index >= 15 is 0 Å². The lowest BCUT2D eigenvalue weighted by molar-refractivity contribution is 0.102. The summed E-state index contributed by atoms with van der Waals surface area (Å²) in [5.74, 6) is 0.597. The van der Waals surface area contributed by atoms with E-state index < -0.39 is 0 Å². The molecule has 114 valence electrons. The Morgan fingerprint density at radius 3 is 2.68 bits per heavy atom. The van der Waals surface area contributed by atoms with Crippen LogP contribution in [0.1, 0.15) is 33.3 Å². The fraction of sp³-hybridized carbons (Fsp3) is 0.312. The second-order valence-corrected chi connectivity index (χ2v) is 8.04. The minimum Gasteiger partial charge on any atom is -0.292 e. The lowest BCUT2D eigenvalue weighted by Gasteiger charge is -2.00. The maximum Gasteiger partial charge on any atom is 0.183 e. The molecule has 0 radical (unpaired) electrons. The fourth-order valence-corrected chi connectivity index (χ4v) is 4.93. The molecule has 3 heterocycles. The van der Waals surface area contributed by atoms with Crippen LogP contribution in [0.15, 0.2) is 29.6 Å². The molecule has 0 aliphatic heterocycles. The third kappa shape index (κ3) is 3.24. The molecule has 0 amide bonds. The molecule has 0 saturated heterocycles. The van der Waals surface area contributed by atoms with E-state index in [-0.39, 0.29) is 5.78 Å². The van der Waals surface area contributed by atoms with Gasteiger partial charge in [-0.05, 0) is 31.0 Å². The van der Waals surface area contributed by atoms with E-state index in [1.165, 1.54) is 21.5 Å². The van der Waals surface area contributed by atoms with Crippen LogP contribution in [0, 0.1) is 0 Å². The van der Waals surface area contributed by atoms with Crippen LogP contribution in [0.2, 0.25) is 0 Å². The van der Waals surface area contributed by atoms with E-state index in [9.17, 15) is 4.79 Å². The Bertz CT molecular complexity index is 807. The van der Waals surface area contributed by atoms with Gasteiger partial charge in [0.15, 0.2) is 5.78 Å². The average Bonchev–Trinajstić information content (AvgIpc) is 3.18. The summed E-state index contributed by atoms with van der Waals surface area (Å²) in [6.45, 7) is 4.24. The molecule has 3 rings (SSSR count). The van der Waals surface area contributed by atoms with Crippen LogP contribution in [-0.4, -0.2) is 21.5 Å². The largest absolute Gasteiger partial charge is 0.292 e. The predicted molar refractivity (Wildman–Crippen MR) is 95.5 cm³/mol. The monoisotopic (exact) mass is 348 g/mol. The van der Waals surface area contributed by atoms with Gasteiger partial charge in [0.1, 0.15) is 16.2 Å². The number of ketones is 1. The molecule has 0 unspecified atom stereocenters. The molecule has 6 heteroatoms. The van der Waals surface area contributed by atoms with Gasteiger partial charge in [0.05, 0.1) is 10.6 Å². The number of Topliss-reactive ketones (excluding diaryl/α,β-unsaturated/α-hetero) is 1. The predicted octanol–water partition coefficient (Wildman–Crippen LogP) is 4.85. The average molecular weight is 349 g/mol. The van der Waals surface area contributed by atoms with E-state index in [1.807, 2.05) is 12.1 Å². The van der Waals surface area contributed by atoms with Gasteiger partial charge in [-0.1, -0.05) is 25.6 Å². The minimum absolute atomic E-state index is 0.174. The van der Waals surface area contributed by atoms with E-state index in [4.69, 9.17) is 0 Å². The number of thioether (sulfide) groups is 1. The summed E-state index contributed by atoms with van der Waals surface area (Å²) in [4.78, 5) is 25.4. The van der Waals surface area contributed by atoms with Gasteiger partial charge >= 0.3 is 0 Å². The highest BCUT2D eigenvalue weighted by molar-refractivity contribution is 8.00. The zero-order chi connectivity index (χ0) is 15.5. The van der Waals surface area contributed by atoms with Crippen LogP contribution in [0.25, 0.3) is 10.2 Å². The summed E-state index contributed by atoms with van der Waals surface area (Å²) in [5, 5.41) is 1.98. The van der Waals surface area contributed by atoms with Crippen molar-refractivity contribution < 1.29 is 4.79 Å². The molecule has 0 aliphatic rings. The molecule has 3 aromatic rings. The first-order chi connectivity index (χ1) is 10.7. The highest BCUT2D eigenvalue weighted by atomic mass is 32.2. The number of aromatic nitrogens is 2. The van der Waals surface area contributed by atoms with Crippen LogP contribution in [0.5, 0.6) is 0 Å². The lowest BCUT2D eigenvalue weighted by Crippen LogP contribution is -1.99. The van der Waals surface area contributed by atoms with Gasteiger partial charge in [-0.25, -0.2) is 9.97 Å². The second-order valence-electron chi connectivity index (χ2n) is 4.80. The molecule has 22 heavy (non-hydrogen) atoms. The smallest absolute Gasteiger partial charge is 0.183 e.